The quantitative estimate of drug-likeness (QED) is 0.146. The van der Waals surface area contributed by atoms with Crippen molar-refractivity contribution >= 4 is 88.2 Å². The van der Waals surface area contributed by atoms with E-state index in [0.717, 1.165) is 44.6 Å². The van der Waals surface area contributed by atoms with E-state index in [1.54, 1.807) is 84.9 Å². The Morgan fingerprint density at radius 1 is 0.625 bits per heavy atom. The number of rotatable bonds is 8. The first-order chi connectivity index (χ1) is 31.2. The average Bonchev–Trinajstić information content (AvgIpc) is 4.06. The third kappa shape index (κ3) is 6.35. The predicted molar refractivity (Wildman–Crippen MR) is 243 cm³/mol. The molecule has 2 aliphatic rings. The Labute approximate surface area is 367 Å². The third-order valence-electron chi connectivity index (χ3n) is 11.2. The molecule has 0 bridgehead atoms. The molecule has 0 radical (unpaired) electrons. The first-order valence-corrected chi connectivity index (χ1v) is 21.6. The van der Waals surface area contributed by atoms with Crippen LogP contribution in [0.2, 0.25) is 0 Å². The Bertz CT molecular complexity index is 3620. The zero-order chi connectivity index (χ0) is 43.7. The summed E-state index contributed by atoms with van der Waals surface area (Å²) in [4.78, 5) is 98.6. The minimum absolute atomic E-state index is 0.0870. The van der Waals surface area contributed by atoms with Crippen molar-refractivity contribution in [1.29, 1.82) is 0 Å². The molecule has 1 N–H and O–H groups in total. The molecular formula is C49H28N4O9S2. The molecule has 0 saturated carbocycles. The molecule has 0 amide bonds. The van der Waals surface area contributed by atoms with Crippen LogP contribution in [0.15, 0.2) is 168 Å². The number of nitrogens with one attached hydrogen (secondary N) is 1. The van der Waals surface area contributed by atoms with E-state index in [1.807, 2.05) is 48.5 Å². The van der Waals surface area contributed by atoms with Gasteiger partial charge in [0.25, 0.3) is 0 Å². The number of aromatic nitrogens is 1. The molecule has 9 aromatic rings. The van der Waals surface area contributed by atoms with E-state index in [1.165, 1.54) is 0 Å². The summed E-state index contributed by atoms with van der Waals surface area (Å²) in [7, 11) is 0. The van der Waals surface area contributed by atoms with E-state index < -0.39 is 44.8 Å². The molecule has 0 aliphatic carbocycles. The second kappa shape index (κ2) is 15.2. The van der Waals surface area contributed by atoms with Crippen molar-refractivity contribution in [3.8, 4) is 5.88 Å². The van der Waals surface area contributed by atoms with Gasteiger partial charge in [-0.05, 0) is 56.9 Å². The van der Waals surface area contributed by atoms with E-state index >= 15 is 0 Å². The van der Waals surface area contributed by atoms with Crippen LogP contribution in [-0.2, 0) is 32.3 Å². The molecule has 64 heavy (non-hydrogen) atoms. The number of carbonyl (C=O) groups excluding carboxylic acids is 2. The molecule has 1 aromatic heterocycles. The second-order valence-electron chi connectivity index (χ2n) is 15.1. The number of ether oxygens (including phenoxy) is 3. The standard InChI is InChI=1S/C49H28N4O9S2/c54-37-31-19-27-15-7-8-16-28(27)20-32(31)38(55)35(37)50-47-52-43-41(63-47)42-44(53-48(64-42)51-36-39(56)33-21-29-17-9-10-18-30(29)22-34(33)40(36)57)62-49(43,45(58)60-23-25-11-3-1-4-12-25)46(59)61-24-26-13-5-2-6-14-26/h1-22,47,52H,23-24H2. The lowest BCUT2D eigenvalue weighted by Crippen LogP contribution is -2.59. The number of esters is 2. The molecule has 310 valence electrons. The number of benzene rings is 6. The smallest absolute Gasteiger partial charge is 0.369 e. The highest BCUT2D eigenvalue weighted by Crippen LogP contribution is 2.54. The number of nitrogens with zero attached hydrogens (tertiary/aromatic N) is 3. The topological polar surface area (TPSA) is 180 Å². The maximum absolute atomic E-state index is 14.7. The lowest BCUT2D eigenvalue weighted by molar-refractivity contribution is -0.178. The van der Waals surface area contributed by atoms with E-state index in [2.05, 4.69) is 20.3 Å². The molecule has 2 aliphatic heterocycles. The minimum atomic E-state index is -2.69. The van der Waals surface area contributed by atoms with Gasteiger partial charge in [-0.3, -0.25) is 19.2 Å². The summed E-state index contributed by atoms with van der Waals surface area (Å²) in [6, 6.07) is 38.9. The Morgan fingerprint density at radius 3 is 1.53 bits per heavy atom. The summed E-state index contributed by atoms with van der Waals surface area (Å²) in [5.41, 5.74) is -5.09. The lowest BCUT2D eigenvalue weighted by atomic mass is 9.96. The van der Waals surface area contributed by atoms with Gasteiger partial charge in [-0.25, -0.2) is 19.6 Å². The highest BCUT2D eigenvalue weighted by molar-refractivity contribution is 8.09. The fourth-order valence-corrected chi connectivity index (χ4v) is 10.2. The van der Waals surface area contributed by atoms with Crippen molar-refractivity contribution < 1.29 is 23.8 Å². The monoisotopic (exact) mass is 880 g/mol. The summed E-state index contributed by atoms with van der Waals surface area (Å²) in [5.74, 6) is -2.57. The van der Waals surface area contributed by atoms with E-state index in [-0.39, 0.29) is 72.0 Å². The van der Waals surface area contributed by atoms with Gasteiger partial charge in [-0.2, -0.15) is 4.98 Å². The SMILES string of the molecule is O=C(OCc1ccccc1)C1(C(=O)OCc2ccccc2)Oc2nc(N=c3c(=O)c4cc5ccccc5cc4c3=O)sc2C2=C1NC(N=c1c(=O)c3cc4ccccc4cc3c1=O)S2. The van der Waals surface area contributed by atoms with Crippen molar-refractivity contribution in [2.45, 2.75) is 24.3 Å². The zero-order valence-electron chi connectivity index (χ0n) is 33.0. The average molecular weight is 881 g/mol. The molecule has 1 atom stereocenters. The van der Waals surface area contributed by atoms with E-state index in [9.17, 15) is 28.8 Å². The molecule has 8 aromatic carbocycles. The van der Waals surface area contributed by atoms with Gasteiger partial charge in [0.1, 0.15) is 18.1 Å². The Morgan fingerprint density at radius 2 is 1.06 bits per heavy atom. The van der Waals surface area contributed by atoms with Crippen LogP contribution >= 0.6 is 23.1 Å². The van der Waals surface area contributed by atoms with Crippen LogP contribution in [0.3, 0.4) is 0 Å². The van der Waals surface area contributed by atoms with Gasteiger partial charge in [0.05, 0.1) is 10.6 Å². The number of thiazole rings is 1. The normalized spacial score (nSPS) is 15.2. The molecule has 0 saturated heterocycles. The summed E-state index contributed by atoms with van der Waals surface area (Å²) >= 11 is 1.93. The van der Waals surface area contributed by atoms with Crippen LogP contribution in [0.1, 0.15) is 16.0 Å². The van der Waals surface area contributed by atoms with Crippen LogP contribution < -0.4 is 42.5 Å². The third-order valence-corrected chi connectivity index (χ3v) is 13.3. The maximum Gasteiger partial charge on any atom is 0.369 e. The fraction of sp³-hybridized carbons (Fsp3) is 0.0816. The highest BCUT2D eigenvalue weighted by atomic mass is 32.2. The Kier molecular flexibility index (Phi) is 9.25. The summed E-state index contributed by atoms with van der Waals surface area (Å²) in [6.07, 6.45) is 0. The van der Waals surface area contributed by atoms with Crippen LogP contribution in [0, 0.1) is 0 Å². The van der Waals surface area contributed by atoms with Crippen molar-refractivity contribution in [3.63, 3.8) is 0 Å². The van der Waals surface area contributed by atoms with Crippen molar-refractivity contribution in [2.75, 3.05) is 0 Å². The summed E-state index contributed by atoms with van der Waals surface area (Å²) < 4.78 is 18.1. The summed E-state index contributed by atoms with van der Waals surface area (Å²) in [6.45, 7) is -0.507. The van der Waals surface area contributed by atoms with E-state index in [0.29, 0.717) is 11.1 Å². The number of hydrogen-bond donors (Lipinski definition) is 1. The lowest BCUT2D eigenvalue weighted by Gasteiger charge is -2.33. The fourth-order valence-electron chi connectivity index (χ4n) is 8.03. The maximum atomic E-state index is 14.7. The molecular weight excluding hydrogens is 853 g/mol. The van der Waals surface area contributed by atoms with Gasteiger partial charge in [-0.15, -0.1) is 0 Å². The van der Waals surface area contributed by atoms with Gasteiger partial charge in [0.2, 0.25) is 32.7 Å². The van der Waals surface area contributed by atoms with Gasteiger partial charge in [0, 0.05) is 21.5 Å². The molecule has 13 nitrogen and oxygen atoms in total. The second-order valence-corrected chi connectivity index (χ2v) is 17.2. The predicted octanol–water partition coefficient (Wildman–Crippen LogP) is 5.69. The minimum Gasteiger partial charge on any atom is -0.457 e. The number of thioether (sulfide) groups is 1. The van der Waals surface area contributed by atoms with Gasteiger partial charge in [0.15, 0.2) is 16.2 Å². The van der Waals surface area contributed by atoms with Gasteiger partial charge in [-0.1, -0.05) is 132 Å². The highest BCUT2D eigenvalue weighted by Gasteiger charge is 2.62. The molecule has 0 spiro atoms. The molecule has 0 fully saturated rings. The van der Waals surface area contributed by atoms with Crippen molar-refractivity contribution in [2.24, 2.45) is 9.98 Å². The van der Waals surface area contributed by atoms with Crippen LogP contribution in [-0.4, -0.2) is 28.0 Å². The zero-order valence-corrected chi connectivity index (χ0v) is 34.7. The molecule has 11 rings (SSSR count). The summed E-state index contributed by atoms with van der Waals surface area (Å²) in [5, 5.41) is 6.21. The molecule has 1 unspecified atom stereocenters. The Hall–Kier alpha value is -7.88. The van der Waals surface area contributed by atoms with Crippen LogP contribution in [0.25, 0.3) is 48.0 Å². The number of fused-ring (bicyclic) bond motifs is 6. The van der Waals surface area contributed by atoms with Crippen LogP contribution in [0.5, 0.6) is 5.88 Å². The first-order valence-electron chi connectivity index (χ1n) is 19.9. The van der Waals surface area contributed by atoms with Gasteiger partial charge < -0.3 is 19.5 Å². The van der Waals surface area contributed by atoms with Gasteiger partial charge >= 0.3 is 17.5 Å². The first kappa shape index (κ1) is 39.0. The molecule has 15 heteroatoms. The molecule has 3 heterocycles. The van der Waals surface area contributed by atoms with Crippen molar-refractivity contribution in [3.05, 3.63) is 207 Å². The van der Waals surface area contributed by atoms with E-state index in [4.69, 9.17) is 14.2 Å². The number of carbonyl (C=O) groups is 2. The van der Waals surface area contributed by atoms with Crippen LogP contribution in [0.4, 0.5) is 5.13 Å². The number of hydrogen-bond acceptors (Lipinski definition) is 15. The largest absolute Gasteiger partial charge is 0.457 e. The Balaban J connectivity index is 1.06. The van der Waals surface area contributed by atoms with Crippen molar-refractivity contribution in [1.82, 2.24) is 10.3 Å².